The molecule has 0 saturated carbocycles. The third-order valence-electron chi connectivity index (χ3n) is 1.44. The van der Waals surface area contributed by atoms with E-state index < -0.39 is 18.4 Å². The molecule has 1 heterocycles. The second-order valence-corrected chi connectivity index (χ2v) is 19.7. The molecule has 0 N–H and O–H groups in total. The molecule has 0 fully saturated rings. The summed E-state index contributed by atoms with van der Waals surface area (Å²) in [6, 6.07) is 6.17. The fraction of sp³-hybridized carbons (Fsp3) is 0.444. The van der Waals surface area contributed by atoms with Gasteiger partial charge in [0.2, 0.25) is 0 Å². The molecule has 0 saturated heterocycles. The van der Waals surface area contributed by atoms with Crippen molar-refractivity contribution >= 4 is 18.4 Å². The molecule has 0 aliphatic heterocycles. The Hall–Kier alpha value is -0.0513. The van der Waals surface area contributed by atoms with Crippen LogP contribution in [-0.4, -0.2) is 23.4 Å². The zero-order chi connectivity index (χ0) is 8.32. The van der Waals surface area contributed by atoms with E-state index in [1.165, 1.54) is 10.1 Å². The average molecular weight is 256 g/mol. The van der Waals surface area contributed by atoms with Gasteiger partial charge in [-0.1, -0.05) is 0 Å². The standard InChI is InChI=1S/C6H6N.3CH3.Sn/c1-6-4-2-3-5-7-6;;;;/h2-5H,1H2;3*1H3;. The minimum absolute atomic E-state index is 1.26. The van der Waals surface area contributed by atoms with E-state index in [-0.39, 0.29) is 0 Å². The molecular weight excluding hydrogens is 241 g/mol. The maximum absolute atomic E-state index is 4.32. The second-order valence-electron chi connectivity index (χ2n) is 4.06. The molecule has 0 amide bonds. The number of hydrogen-bond acceptors (Lipinski definition) is 1. The molecule has 2 heteroatoms. The van der Waals surface area contributed by atoms with Gasteiger partial charge in [0.05, 0.1) is 0 Å². The van der Waals surface area contributed by atoms with Crippen molar-refractivity contribution in [3.63, 3.8) is 0 Å². The summed E-state index contributed by atoms with van der Waals surface area (Å²) in [5, 5.41) is 0. The van der Waals surface area contributed by atoms with E-state index in [0.29, 0.717) is 0 Å². The monoisotopic (exact) mass is 257 g/mol. The molecule has 0 atom stereocenters. The summed E-state index contributed by atoms with van der Waals surface area (Å²) in [5.41, 5.74) is 1.27. The molecule has 0 aliphatic carbocycles. The van der Waals surface area contributed by atoms with Crippen molar-refractivity contribution in [1.82, 2.24) is 4.98 Å². The van der Waals surface area contributed by atoms with Crippen LogP contribution in [0.2, 0.25) is 14.8 Å². The normalized spacial score (nSPS) is 11.5. The van der Waals surface area contributed by atoms with Gasteiger partial charge in [-0.25, -0.2) is 0 Å². The summed E-state index contributed by atoms with van der Waals surface area (Å²) in [5.74, 6) is 0. The van der Waals surface area contributed by atoms with E-state index in [4.69, 9.17) is 0 Å². The predicted molar refractivity (Wildman–Crippen MR) is 51.3 cm³/mol. The van der Waals surface area contributed by atoms with Crippen LogP contribution in [0.5, 0.6) is 0 Å². The molecule has 0 spiro atoms. The van der Waals surface area contributed by atoms with Crippen LogP contribution in [0, 0.1) is 0 Å². The van der Waals surface area contributed by atoms with Gasteiger partial charge >= 0.3 is 72.7 Å². The van der Waals surface area contributed by atoms with E-state index in [1.54, 1.807) is 0 Å². The first-order valence-corrected chi connectivity index (χ1v) is 14.6. The van der Waals surface area contributed by atoms with Gasteiger partial charge in [-0.05, 0) is 0 Å². The molecule has 0 unspecified atom stereocenters. The third kappa shape index (κ3) is 3.75. The Balaban J connectivity index is 2.66. The Kier molecular flexibility index (Phi) is 2.93. The number of pyridine rings is 1. The summed E-state index contributed by atoms with van der Waals surface area (Å²) in [4.78, 5) is 11.6. The van der Waals surface area contributed by atoms with Gasteiger partial charge in [0.25, 0.3) is 0 Å². The van der Waals surface area contributed by atoms with E-state index in [0.717, 1.165) is 0 Å². The number of rotatable bonds is 2. The van der Waals surface area contributed by atoms with E-state index in [9.17, 15) is 0 Å². The van der Waals surface area contributed by atoms with Crippen molar-refractivity contribution in [2.45, 2.75) is 19.3 Å². The molecule has 1 rings (SSSR count). The first-order valence-electron chi connectivity index (χ1n) is 3.98. The molecule has 1 aromatic heterocycles. The Morgan fingerprint density at radius 3 is 2.45 bits per heavy atom. The van der Waals surface area contributed by atoms with E-state index >= 15 is 0 Å². The Labute approximate surface area is 72.7 Å². The zero-order valence-electron chi connectivity index (χ0n) is 7.46. The molecule has 1 aromatic rings. The SMILES string of the molecule is [CH3][Sn]([CH3])([CH3])[CH2]c1ccccn1. The fourth-order valence-electron chi connectivity index (χ4n) is 1.05. The molecule has 0 radical (unpaired) electrons. The van der Waals surface area contributed by atoms with Crippen LogP contribution >= 0.6 is 0 Å². The quantitative estimate of drug-likeness (QED) is 0.741. The molecule has 0 bridgehead atoms. The van der Waals surface area contributed by atoms with Gasteiger partial charge < -0.3 is 0 Å². The van der Waals surface area contributed by atoms with Crippen molar-refractivity contribution < 1.29 is 0 Å². The first-order chi connectivity index (χ1) is 5.08. The molecule has 60 valence electrons. The molecule has 0 aromatic carbocycles. The summed E-state index contributed by atoms with van der Waals surface area (Å²) in [7, 11) is 0. The van der Waals surface area contributed by atoms with Gasteiger partial charge in [0.1, 0.15) is 0 Å². The van der Waals surface area contributed by atoms with E-state index in [2.05, 4.69) is 31.9 Å². The molecule has 1 nitrogen and oxygen atoms in total. The Morgan fingerprint density at radius 1 is 1.27 bits per heavy atom. The summed E-state index contributed by atoms with van der Waals surface area (Å²) in [6.07, 6.45) is 1.88. The average Bonchev–Trinajstić information content (AvgIpc) is 1.85. The summed E-state index contributed by atoms with van der Waals surface area (Å²) < 4.78 is 1.26. The van der Waals surface area contributed by atoms with Crippen molar-refractivity contribution in [3.05, 3.63) is 30.1 Å². The number of aromatic nitrogens is 1. The van der Waals surface area contributed by atoms with Crippen LogP contribution in [0.25, 0.3) is 0 Å². The van der Waals surface area contributed by atoms with Gasteiger partial charge in [-0.15, -0.1) is 0 Å². The molecular formula is C9H15NSn. The number of nitrogens with zero attached hydrogens (tertiary/aromatic N) is 1. The van der Waals surface area contributed by atoms with Crippen LogP contribution < -0.4 is 0 Å². The van der Waals surface area contributed by atoms with Crippen LogP contribution in [-0.2, 0) is 4.44 Å². The topological polar surface area (TPSA) is 12.9 Å². The fourth-order valence-corrected chi connectivity index (χ4v) is 4.74. The van der Waals surface area contributed by atoms with Crippen molar-refractivity contribution in [2.24, 2.45) is 0 Å². The summed E-state index contributed by atoms with van der Waals surface area (Å²) in [6.45, 7) is 0. The van der Waals surface area contributed by atoms with Crippen molar-refractivity contribution in [2.75, 3.05) is 0 Å². The van der Waals surface area contributed by atoms with Crippen LogP contribution in [0.15, 0.2) is 24.4 Å². The first kappa shape index (κ1) is 9.04. The van der Waals surface area contributed by atoms with Crippen molar-refractivity contribution in [3.8, 4) is 0 Å². The predicted octanol–water partition coefficient (Wildman–Crippen LogP) is 2.50. The second kappa shape index (κ2) is 3.57. The van der Waals surface area contributed by atoms with Crippen LogP contribution in [0.1, 0.15) is 5.69 Å². The third-order valence-corrected chi connectivity index (χ3v) is 5.50. The van der Waals surface area contributed by atoms with Gasteiger partial charge in [-0.2, -0.15) is 0 Å². The van der Waals surface area contributed by atoms with Gasteiger partial charge in [0.15, 0.2) is 0 Å². The number of hydrogen-bond donors (Lipinski definition) is 0. The zero-order valence-corrected chi connectivity index (χ0v) is 10.3. The van der Waals surface area contributed by atoms with Crippen molar-refractivity contribution in [1.29, 1.82) is 0 Å². The Morgan fingerprint density at radius 2 is 2.00 bits per heavy atom. The van der Waals surface area contributed by atoms with E-state index in [1.807, 2.05) is 12.3 Å². The minimum atomic E-state index is -1.63. The van der Waals surface area contributed by atoms with Crippen LogP contribution in [0.4, 0.5) is 0 Å². The maximum atomic E-state index is 4.32. The van der Waals surface area contributed by atoms with Crippen LogP contribution in [0.3, 0.4) is 0 Å². The van der Waals surface area contributed by atoms with Gasteiger partial charge in [0, 0.05) is 0 Å². The molecule has 11 heavy (non-hydrogen) atoms. The molecule has 0 aliphatic rings. The Bertz CT molecular complexity index is 213. The van der Waals surface area contributed by atoms with Gasteiger partial charge in [-0.3, -0.25) is 0 Å². The summed E-state index contributed by atoms with van der Waals surface area (Å²) >= 11 is -1.63.